The monoisotopic (exact) mass is 387 g/mol. The average Bonchev–Trinajstić information content (AvgIpc) is 3.10. The zero-order valence-electron chi connectivity index (χ0n) is 16.2. The van der Waals surface area contributed by atoms with Crippen molar-refractivity contribution >= 4 is 17.7 Å². The topological polar surface area (TPSA) is 58.4 Å². The van der Waals surface area contributed by atoms with Crippen LogP contribution in [0.3, 0.4) is 0 Å². The fourth-order valence-corrected chi connectivity index (χ4v) is 4.41. The van der Waals surface area contributed by atoms with E-state index in [2.05, 4.69) is 22.3 Å². The molecule has 1 aromatic heterocycles. The van der Waals surface area contributed by atoms with E-state index in [1.807, 2.05) is 37.3 Å². The van der Waals surface area contributed by atoms with Crippen LogP contribution in [0.1, 0.15) is 54.4 Å². The van der Waals surface area contributed by atoms with Crippen molar-refractivity contribution in [2.24, 2.45) is 0 Å². The predicted molar refractivity (Wildman–Crippen MR) is 109 cm³/mol. The molecule has 0 aliphatic carbocycles. The summed E-state index contributed by atoms with van der Waals surface area (Å²) in [5, 5.41) is 6.99. The summed E-state index contributed by atoms with van der Waals surface area (Å²) in [4.78, 5) is 16.1. The molecule has 0 spiro atoms. The number of carbonyl (C=O) groups is 1. The number of thioether (sulfide) groups is 1. The Kier molecular flexibility index (Phi) is 7.35. The highest BCUT2D eigenvalue weighted by Gasteiger charge is 2.17. The fourth-order valence-electron chi connectivity index (χ4n) is 3.48. The predicted octanol–water partition coefficient (Wildman–Crippen LogP) is 4.27. The molecule has 1 N–H and O–H groups in total. The number of rotatable bonds is 8. The molecule has 0 saturated carbocycles. The summed E-state index contributed by atoms with van der Waals surface area (Å²) in [6.45, 7) is 7.17. The first kappa shape index (κ1) is 20.0. The molecule has 0 bridgehead atoms. The molecule has 6 heteroatoms. The van der Waals surface area contributed by atoms with Gasteiger partial charge < -0.3 is 14.7 Å². The van der Waals surface area contributed by atoms with Crippen LogP contribution in [0, 0.1) is 6.92 Å². The van der Waals surface area contributed by atoms with E-state index in [9.17, 15) is 4.79 Å². The van der Waals surface area contributed by atoms with Crippen LogP contribution in [0.25, 0.3) is 0 Å². The highest BCUT2D eigenvalue weighted by molar-refractivity contribution is 7.98. The minimum Gasteiger partial charge on any atom is -0.360 e. The van der Waals surface area contributed by atoms with Crippen molar-refractivity contribution in [3.8, 4) is 0 Å². The van der Waals surface area contributed by atoms with Crippen LogP contribution >= 0.6 is 11.8 Å². The first-order chi connectivity index (χ1) is 13.1. The smallest absolute Gasteiger partial charge is 0.252 e. The number of nitrogens with one attached hydrogen (secondary N) is 1. The van der Waals surface area contributed by atoms with Crippen molar-refractivity contribution in [3.05, 3.63) is 47.3 Å². The second kappa shape index (κ2) is 9.95. The molecule has 1 aliphatic heterocycles. The Morgan fingerprint density at radius 2 is 2.22 bits per heavy atom. The summed E-state index contributed by atoms with van der Waals surface area (Å²) >= 11 is 1.60. The molecule has 1 unspecified atom stereocenters. The van der Waals surface area contributed by atoms with Crippen LogP contribution in [0.5, 0.6) is 0 Å². The van der Waals surface area contributed by atoms with Crippen LogP contribution in [-0.4, -0.2) is 41.6 Å². The van der Waals surface area contributed by atoms with E-state index in [1.54, 1.807) is 11.8 Å². The van der Waals surface area contributed by atoms with E-state index in [-0.39, 0.29) is 5.91 Å². The number of benzene rings is 1. The molecule has 27 heavy (non-hydrogen) atoms. The minimum atomic E-state index is -0.00135. The molecule has 2 heterocycles. The highest BCUT2D eigenvalue weighted by Crippen LogP contribution is 2.26. The number of piperidine rings is 1. The average molecular weight is 388 g/mol. The lowest BCUT2D eigenvalue weighted by Crippen LogP contribution is -2.39. The van der Waals surface area contributed by atoms with Gasteiger partial charge >= 0.3 is 0 Å². The molecule has 1 amide bonds. The number of aromatic nitrogens is 1. The number of amides is 1. The Labute approximate surface area is 165 Å². The molecule has 1 aliphatic rings. The number of likely N-dealkylation sites (tertiary alicyclic amines) is 1. The summed E-state index contributed by atoms with van der Waals surface area (Å²) in [7, 11) is 0. The molecule has 1 aromatic carbocycles. The van der Waals surface area contributed by atoms with Crippen molar-refractivity contribution < 1.29 is 9.32 Å². The van der Waals surface area contributed by atoms with E-state index in [0.29, 0.717) is 18.3 Å². The van der Waals surface area contributed by atoms with Crippen molar-refractivity contribution in [1.82, 2.24) is 15.4 Å². The van der Waals surface area contributed by atoms with E-state index in [0.717, 1.165) is 34.9 Å². The summed E-state index contributed by atoms with van der Waals surface area (Å²) < 4.78 is 5.26. The van der Waals surface area contributed by atoms with Gasteiger partial charge in [-0.25, -0.2) is 0 Å². The Morgan fingerprint density at radius 3 is 3.00 bits per heavy atom. The minimum absolute atomic E-state index is 0.00135. The molecule has 1 saturated heterocycles. The molecule has 3 rings (SSSR count). The van der Waals surface area contributed by atoms with Gasteiger partial charge in [-0.3, -0.25) is 4.79 Å². The third-order valence-corrected chi connectivity index (χ3v) is 6.12. The molecule has 1 fully saturated rings. The second-order valence-electron chi connectivity index (χ2n) is 7.21. The van der Waals surface area contributed by atoms with Crippen LogP contribution in [0.2, 0.25) is 0 Å². The standard InChI is InChI=1S/C21H29N3O2S/c1-16-14-18(26-23-16)15-27-20-10-4-3-9-19(20)21(25)22-11-7-13-24-12-6-5-8-17(24)2/h3-4,9-10,14,17H,5-8,11-13,15H2,1-2H3,(H,22,25). The van der Waals surface area contributed by atoms with Gasteiger partial charge in [0.1, 0.15) is 5.76 Å². The van der Waals surface area contributed by atoms with Crippen molar-refractivity contribution in [3.63, 3.8) is 0 Å². The van der Waals surface area contributed by atoms with Gasteiger partial charge in [0.05, 0.1) is 17.0 Å². The zero-order valence-corrected chi connectivity index (χ0v) is 17.1. The number of hydrogen-bond donors (Lipinski definition) is 1. The van der Waals surface area contributed by atoms with E-state index in [4.69, 9.17) is 4.52 Å². The highest BCUT2D eigenvalue weighted by atomic mass is 32.2. The van der Waals surface area contributed by atoms with Crippen molar-refractivity contribution in [2.75, 3.05) is 19.6 Å². The van der Waals surface area contributed by atoms with Gasteiger partial charge in [0, 0.05) is 30.1 Å². The maximum Gasteiger partial charge on any atom is 0.252 e. The van der Waals surface area contributed by atoms with Crippen LogP contribution in [-0.2, 0) is 5.75 Å². The maximum absolute atomic E-state index is 12.6. The van der Waals surface area contributed by atoms with E-state index < -0.39 is 0 Å². The van der Waals surface area contributed by atoms with Gasteiger partial charge in [0.2, 0.25) is 0 Å². The lowest BCUT2D eigenvalue weighted by Gasteiger charge is -2.33. The largest absolute Gasteiger partial charge is 0.360 e. The molecule has 146 valence electrons. The SMILES string of the molecule is Cc1cc(CSc2ccccc2C(=O)NCCCN2CCCCC2C)on1. The summed E-state index contributed by atoms with van der Waals surface area (Å²) in [6, 6.07) is 10.3. The molecule has 2 aromatic rings. The first-order valence-electron chi connectivity index (χ1n) is 9.80. The van der Waals surface area contributed by atoms with Gasteiger partial charge in [-0.05, 0) is 51.8 Å². The normalized spacial score (nSPS) is 17.8. The third-order valence-electron chi connectivity index (χ3n) is 5.03. The van der Waals surface area contributed by atoms with Crippen molar-refractivity contribution in [2.45, 2.75) is 56.2 Å². The number of nitrogens with zero attached hydrogens (tertiary/aromatic N) is 2. The van der Waals surface area contributed by atoms with Gasteiger partial charge in [-0.2, -0.15) is 0 Å². The van der Waals surface area contributed by atoms with Gasteiger partial charge in [0.15, 0.2) is 0 Å². The first-order valence-corrected chi connectivity index (χ1v) is 10.8. The van der Waals surface area contributed by atoms with Gasteiger partial charge in [0.25, 0.3) is 5.91 Å². The van der Waals surface area contributed by atoms with Crippen LogP contribution in [0.15, 0.2) is 39.8 Å². The summed E-state index contributed by atoms with van der Waals surface area (Å²) in [5.41, 5.74) is 1.60. The number of hydrogen-bond acceptors (Lipinski definition) is 5. The van der Waals surface area contributed by atoms with Gasteiger partial charge in [-0.15, -0.1) is 11.8 Å². The number of aryl methyl sites for hydroxylation is 1. The quantitative estimate of drug-likeness (QED) is 0.541. The molecular weight excluding hydrogens is 358 g/mol. The molecule has 5 nitrogen and oxygen atoms in total. The van der Waals surface area contributed by atoms with E-state index in [1.165, 1.54) is 25.8 Å². The second-order valence-corrected chi connectivity index (χ2v) is 8.23. The van der Waals surface area contributed by atoms with E-state index >= 15 is 0 Å². The molecule has 0 radical (unpaired) electrons. The Morgan fingerprint density at radius 1 is 1.37 bits per heavy atom. The lowest BCUT2D eigenvalue weighted by molar-refractivity contribution is 0.0946. The Balaban J connectivity index is 1.47. The number of carbonyl (C=O) groups excluding carboxylic acids is 1. The fraction of sp³-hybridized carbons (Fsp3) is 0.524. The summed E-state index contributed by atoms with van der Waals surface area (Å²) in [5.74, 6) is 1.49. The molecule has 1 atom stereocenters. The zero-order chi connectivity index (χ0) is 19.1. The third kappa shape index (κ3) is 5.84. The summed E-state index contributed by atoms with van der Waals surface area (Å²) in [6.07, 6.45) is 4.92. The Bertz CT molecular complexity index is 747. The molecular formula is C21H29N3O2S. The van der Waals surface area contributed by atoms with Crippen LogP contribution < -0.4 is 5.32 Å². The van der Waals surface area contributed by atoms with Crippen molar-refractivity contribution in [1.29, 1.82) is 0 Å². The lowest BCUT2D eigenvalue weighted by atomic mass is 10.0. The Hall–Kier alpha value is -1.79. The van der Waals surface area contributed by atoms with Gasteiger partial charge in [-0.1, -0.05) is 23.7 Å². The maximum atomic E-state index is 12.6. The van der Waals surface area contributed by atoms with Crippen LogP contribution in [0.4, 0.5) is 0 Å².